The lowest BCUT2D eigenvalue weighted by Crippen LogP contribution is -2.35. The number of rotatable bonds is 5. The fourth-order valence-electron chi connectivity index (χ4n) is 3.82. The van der Waals surface area contributed by atoms with E-state index in [2.05, 4.69) is 10.3 Å². The number of hydrogen-bond acceptors (Lipinski definition) is 4. The molecule has 1 atom stereocenters. The monoisotopic (exact) mass is 403 g/mol. The Hall–Kier alpha value is -3.41. The number of likely N-dealkylation sites (tertiary alicyclic amines) is 1. The second-order valence-corrected chi connectivity index (χ2v) is 7.53. The van der Waals surface area contributed by atoms with Crippen molar-refractivity contribution in [1.82, 2.24) is 15.2 Å². The summed E-state index contributed by atoms with van der Waals surface area (Å²) in [5.41, 5.74) is 2.29. The lowest BCUT2D eigenvalue weighted by atomic mass is 10.0. The molecule has 154 valence electrons. The van der Waals surface area contributed by atoms with Crippen LogP contribution in [0.1, 0.15) is 58.6 Å². The molecule has 30 heavy (non-hydrogen) atoms. The van der Waals surface area contributed by atoms with Gasteiger partial charge in [-0.1, -0.05) is 48.5 Å². The third-order valence-electron chi connectivity index (χ3n) is 5.48. The van der Waals surface area contributed by atoms with Crippen LogP contribution >= 0.6 is 0 Å². The van der Waals surface area contributed by atoms with Crippen molar-refractivity contribution >= 4 is 11.8 Å². The molecular weight excluding hydrogens is 378 g/mol. The molecule has 3 aromatic rings. The second-order valence-electron chi connectivity index (χ2n) is 7.53. The standard InChI is InChI=1S/C24H25N3O3/c1-17(18-10-4-2-5-11-18)26-23(28)21-22(30-16-25-21)19-12-6-7-13-20(19)24(29)27-14-8-3-9-15-27/h2,4-7,10-13,16-17H,3,8-9,14-15H2,1H3,(H,26,28). The third-order valence-corrected chi connectivity index (χ3v) is 5.48. The van der Waals surface area contributed by atoms with Gasteiger partial charge in [0, 0.05) is 18.7 Å². The van der Waals surface area contributed by atoms with Crippen LogP contribution in [0.25, 0.3) is 11.3 Å². The molecule has 0 aliphatic carbocycles. The predicted octanol–water partition coefficient (Wildman–Crippen LogP) is 4.46. The van der Waals surface area contributed by atoms with Gasteiger partial charge in [-0.3, -0.25) is 9.59 Å². The number of nitrogens with one attached hydrogen (secondary N) is 1. The number of piperidine rings is 1. The van der Waals surface area contributed by atoms with Gasteiger partial charge in [0.1, 0.15) is 0 Å². The Labute approximate surface area is 175 Å². The Morgan fingerprint density at radius 2 is 1.70 bits per heavy atom. The minimum atomic E-state index is -0.338. The van der Waals surface area contributed by atoms with E-state index in [1.165, 1.54) is 6.39 Å². The van der Waals surface area contributed by atoms with Crippen molar-refractivity contribution in [3.63, 3.8) is 0 Å². The lowest BCUT2D eigenvalue weighted by molar-refractivity contribution is 0.0724. The summed E-state index contributed by atoms with van der Waals surface area (Å²) in [4.78, 5) is 32.1. The van der Waals surface area contributed by atoms with E-state index in [-0.39, 0.29) is 23.6 Å². The molecule has 1 fully saturated rings. The highest BCUT2D eigenvalue weighted by Crippen LogP contribution is 2.29. The largest absolute Gasteiger partial charge is 0.443 e. The zero-order valence-electron chi connectivity index (χ0n) is 17.0. The van der Waals surface area contributed by atoms with Crippen molar-refractivity contribution in [3.05, 3.63) is 77.8 Å². The fourth-order valence-corrected chi connectivity index (χ4v) is 3.82. The summed E-state index contributed by atoms with van der Waals surface area (Å²) in [7, 11) is 0. The maximum Gasteiger partial charge on any atom is 0.274 e. The van der Waals surface area contributed by atoms with Crippen LogP contribution < -0.4 is 5.32 Å². The number of amides is 2. The summed E-state index contributed by atoms with van der Waals surface area (Å²) in [5.74, 6) is -0.0604. The molecule has 1 saturated heterocycles. The number of hydrogen-bond donors (Lipinski definition) is 1. The highest BCUT2D eigenvalue weighted by Gasteiger charge is 2.26. The Morgan fingerprint density at radius 3 is 2.47 bits per heavy atom. The molecule has 0 radical (unpaired) electrons. The molecule has 1 N–H and O–H groups in total. The number of nitrogens with zero attached hydrogens (tertiary/aromatic N) is 2. The summed E-state index contributed by atoms with van der Waals surface area (Å²) < 4.78 is 5.59. The number of carbonyl (C=O) groups is 2. The lowest BCUT2D eigenvalue weighted by Gasteiger charge is -2.27. The van der Waals surface area contributed by atoms with Crippen LogP contribution in [0.5, 0.6) is 0 Å². The molecule has 4 rings (SSSR count). The summed E-state index contributed by atoms with van der Waals surface area (Å²) in [6, 6.07) is 16.8. The van der Waals surface area contributed by atoms with Gasteiger partial charge in [0.15, 0.2) is 17.8 Å². The van der Waals surface area contributed by atoms with Crippen LogP contribution in [-0.4, -0.2) is 34.8 Å². The van der Waals surface area contributed by atoms with E-state index >= 15 is 0 Å². The van der Waals surface area contributed by atoms with Crippen LogP contribution in [0.4, 0.5) is 0 Å². The normalized spacial score (nSPS) is 14.9. The molecule has 6 heteroatoms. The summed E-state index contributed by atoms with van der Waals surface area (Å²) in [6.07, 6.45) is 4.43. The average Bonchev–Trinajstić information content (AvgIpc) is 3.30. The van der Waals surface area contributed by atoms with Gasteiger partial charge in [-0.25, -0.2) is 4.98 Å². The molecule has 1 aliphatic rings. The highest BCUT2D eigenvalue weighted by atomic mass is 16.3. The first-order valence-electron chi connectivity index (χ1n) is 10.3. The van der Waals surface area contributed by atoms with Crippen LogP contribution in [-0.2, 0) is 0 Å². The number of benzene rings is 2. The van der Waals surface area contributed by atoms with Crippen molar-refractivity contribution in [2.24, 2.45) is 0 Å². The van der Waals surface area contributed by atoms with Gasteiger partial charge in [0.05, 0.1) is 11.6 Å². The van der Waals surface area contributed by atoms with E-state index in [0.29, 0.717) is 16.9 Å². The van der Waals surface area contributed by atoms with E-state index in [0.717, 1.165) is 37.9 Å². The van der Waals surface area contributed by atoms with Gasteiger partial charge < -0.3 is 14.6 Å². The zero-order chi connectivity index (χ0) is 20.9. The topological polar surface area (TPSA) is 75.4 Å². The van der Waals surface area contributed by atoms with Gasteiger partial charge in [0.2, 0.25) is 0 Å². The van der Waals surface area contributed by atoms with Crippen molar-refractivity contribution in [2.75, 3.05) is 13.1 Å². The highest BCUT2D eigenvalue weighted by molar-refractivity contribution is 6.04. The average molecular weight is 403 g/mol. The summed E-state index contributed by atoms with van der Waals surface area (Å²) in [6.45, 7) is 3.43. The predicted molar refractivity (Wildman–Crippen MR) is 114 cm³/mol. The molecule has 2 heterocycles. The molecule has 2 aromatic carbocycles. The van der Waals surface area contributed by atoms with Gasteiger partial charge >= 0.3 is 0 Å². The Balaban J connectivity index is 1.60. The summed E-state index contributed by atoms with van der Waals surface area (Å²) in [5, 5.41) is 2.96. The van der Waals surface area contributed by atoms with E-state index < -0.39 is 0 Å². The van der Waals surface area contributed by atoms with E-state index in [9.17, 15) is 9.59 Å². The van der Waals surface area contributed by atoms with Gasteiger partial charge in [-0.15, -0.1) is 0 Å². The molecule has 1 aromatic heterocycles. The fraction of sp³-hybridized carbons (Fsp3) is 0.292. The Kier molecular flexibility index (Phi) is 5.93. The molecule has 1 unspecified atom stereocenters. The van der Waals surface area contributed by atoms with Gasteiger partial charge in [-0.05, 0) is 37.8 Å². The van der Waals surface area contributed by atoms with Crippen LogP contribution in [0.15, 0.2) is 65.4 Å². The molecular formula is C24H25N3O3. The number of oxazole rings is 1. The zero-order valence-corrected chi connectivity index (χ0v) is 17.0. The number of aromatic nitrogens is 1. The van der Waals surface area contributed by atoms with Crippen molar-refractivity contribution in [2.45, 2.75) is 32.2 Å². The first-order chi connectivity index (χ1) is 14.6. The van der Waals surface area contributed by atoms with E-state index in [4.69, 9.17) is 4.42 Å². The quantitative estimate of drug-likeness (QED) is 0.682. The molecule has 0 spiro atoms. The van der Waals surface area contributed by atoms with Crippen molar-refractivity contribution in [3.8, 4) is 11.3 Å². The smallest absolute Gasteiger partial charge is 0.274 e. The minimum absolute atomic E-state index is 0.0364. The molecule has 1 aliphatic heterocycles. The maximum atomic E-state index is 13.1. The molecule has 0 bridgehead atoms. The maximum absolute atomic E-state index is 13.1. The summed E-state index contributed by atoms with van der Waals surface area (Å²) >= 11 is 0. The first-order valence-corrected chi connectivity index (χ1v) is 10.3. The van der Waals surface area contributed by atoms with Gasteiger partial charge in [-0.2, -0.15) is 0 Å². The minimum Gasteiger partial charge on any atom is -0.443 e. The van der Waals surface area contributed by atoms with E-state index in [1.54, 1.807) is 12.1 Å². The van der Waals surface area contributed by atoms with Crippen LogP contribution in [0.3, 0.4) is 0 Å². The van der Waals surface area contributed by atoms with Crippen LogP contribution in [0, 0.1) is 0 Å². The van der Waals surface area contributed by atoms with Crippen molar-refractivity contribution in [1.29, 1.82) is 0 Å². The number of carbonyl (C=O) groups excluding carboxylic acids is 2. The third kappa shape index (κ3) is 4.13. The molecule has 6 nitrogen and oxygen atoms in total. The Bertz CT molecular complexity index is 1020. The molecule has 0 saturated carbocycles. The van der Waals surface area contributed by atoms with Crippen molar-refractivity contribution < 1.29 is 14.0 Å². The second kappa shape index (κ2) is 8.95. The first kappa shape index (κ1) is 19.9. The van der Waals surface area contributed by atoms with Gasteiger partial charge in [0.25, 0.3) is 11.8 Å². The van der Waals surface area contributed by atoms with E-state index in [1.807, 2.05) is 54.3 Å². The molecule has 2 amide bonds. The SMILES string of the molecule is CC(NC(=O)c1ncoc1-c1ccccc1C(=O)N1CCCCC1)c1ccccc1. The Morgan fingerprint density at radius 1 is 1.00 bits per heavy atom. The van der Waals surface area contributed by atoms with Crippen LogP contribution in [0.2, 0.25) is 0 Å².